The van der Waals surface area contributed by atoms with Crippen LogP contribution in [0.4, 0.5) is 9.93 Å². The van der Waals surface area contributed by atoms with Gasteiger partial charge in [0.1, 0.15) is 6.33 Å². The van der Waals surface area contributed by atoms with Crippen molar-refractivity contribution in [1.82, 2.24) is 15.0 Å². The van der Waals surface area contributed by atoms with Gasteiger partial charge in [-0.25, -0.2) is 15.0 Å². The van der Waals surface area contributed by atoms with Crippen LogP contribution in [0.25, 0.3) is 0 Å². The fourth-order valence-corrected chi connectivity index (χ4v) is 3.97. The molecular formula is C15H14N4O3S2. The number of fused-ring (bicyclic) bond motifs is 1. The number of aryl methyl sites for hydroxylation is 1. The minimum absolute atomic E-state index is 0.204. The summed E-state index contributed by atoms with van der Waals surface area (Å²) in [6, 6.07) is 0. The second-order valence-corrected chi connectivity index (χ2v) is 7.32. The van der Waals surface area contributed by atoms with E-state index in [-0.39, 0.29) is 16.8 Å². The van der Waals surface area contributed by atoms with Crippen LogP contribution in [0, 0.1) is 5.92 Å². The van der Waals surface area contributed by atoms with E-state index in [2.05, 4.69) is 20.3 Å². The van der Waals surface area contributed by atoms with Crippen molar-refractivity contribution in [2.24, 2.45) is 5.92 Å². The minimum atomic E-state index is -0.738. The zero-order valence-electron chi connectivity index (χ0n) is 12.8. The molecule has 1 atom stereocenters. The van der Waals surface area contributed by atoms with Crippen molar-refractivity contribution in [2.45, 2.75) is 19.8 Å². The minimum Gasteiger partial charge on any atom is -0.293 e. The molecule has 0 bridgehead atoms. The van der Waals surface area contributed by atoms with Crippen molar-refractivity contribution >= 4 is 45.0 Å². The van der Waals surface area contributed by atoms with E-state index in [0.29, 0.717) is 39.9 Å². The number of rotatable bonds is 4. The Morgan fingerprint density at radius 3 is 2.83 bits per heavy atom. The van der Waals surface area contributed by atoms with Gasteiger partial charge in [0.25, 0.3) is 5.24 Å². The number of hydrogen-bond donors (Lipinski definition) is 1. The van der Waals surface area contributed by atoms with Gasteiger partial charge in [-0.3, -0.25) is 19.7 Å². The fraction of sp³-hybridized carbons (Fsp3) is 0.333. The first-order valence-corrected chi connectivity index (χ1v) is 9.17. The molecule has 0 saturated heterocycles. The van der Waals surface area contributed by atoms with Crippen molar-refractivity contribution in [2.75, 3.05) is 11.1 Å². The van der Waals surface area contributed by atoms with Crippen molar-refractivity contribution in [3.8, 4) is 0 Å². The summed E-state index contributed by atoms with van der Waals surface area (Å²) in [5, 5.41) is 2.87. The summed E-state index contributed by atoms with van der Waals surface area (Å²) in [7, 11) is 0. The Morgan fingerprint density at radius 2 is 2.12 bits per heavy atom. The quantitative estimate of drug-likeness (QED) is 0.659. The first-order chi connectivity index (χ1) is 11.6. The normalized spacial score (nSPS) is 16.5. The van der Waals surface area contributed by atoms with Gasteiger partial charge in [-0.2, -0.15) is 0 Å². The summed E-state index contributed by atoms with van der Waals surface area (Å²) in [6.45, 7) is 1.88. The first-order valence-electron chi connectivity index (χ1n) is 7.37. The third-order valence-electron chi connectivity index (χ3n) is 3.55. The van der Waals surface area contributed by atoms with Crippen LogP contribution >= 0.6 is 23.1 Å². The number of ketones is 2. The maximum absolute atomic E-state index is 12.6. The lowest BCUT2D eigenvalue weighted by molar-refractivity contribution is 0.0792. The average molecular weight is 362 g/mol. The van der Waals surface area contributed by atoms with Gasteiger partial charge >= 0.3 is 0 Å². The SMILES string of the molecule is CCSC(=O)Nc1nc2c(s1)C(=O)C(C(=O)c1cncnc1)CC2. The van der Waals surface area contributed by atoms with E-state index in [0.717, 1.165) is 23.1 Å². The van der Waals surface area contributed by atoms with E-state index >= 15 is 0 Å². The molecule has 0 spiro atoms. The van der Waals surface area contributed by atoms with Crippen LogP contribution in [0.5, 0.6) is 0 Å². The first kappa shape index (κ1) is 16.7. The smallest absolute Gasteiger partial charge is 0.285 e. The molecule has 24 heavy (non-hydrogen) atoms. The lowest BCUT2D eigenvalue weighted by Gasteiger charge is -2.18. The second kappa shape index (κ2) is 7.18. The Hall–Kier alpha value is -2.13. The van der Waals surface area contributed by atoms with E-state index in [9.17, 15) is 14.4 Å². The molecule has 0 saturated carbocycles. The highest BCUT2D eigenvalue weighted by atomic mass is 32.2. The average Bonchev–Trinajstić information content (AvgIpc) is 2.99. The largest absolute Gasteiger partial charge is 0.293 e. The van der Waals surface area contributed by atoms with Gasteiger partial charge in [0, 0.05) is 12.4 Å². The van der Waals surface area contributed by atoms with Crippen LogP contribution in [0.1, 0.15) is 39.1 Å². The standard InChI is InChI=1S/C15H14N4O3S2/c1-2-23-15(22)19-14-18-10-4-3-9(12(21)13(10)24-14)11(20)8-5-16-7-17-6-8/h5-7,9H,2-4H2,1H3,(H,18,19,22). The maximum Gasteiger partial charge on any atom is 0.285 e. The molecule has 0 aliphatic heterocycles. The Morgan fingerprint density at radius 1 is 1.38 bits per heavy atom. The molecule has 1 unspecified atom stereocenters. The summed E-state index contributed by atoms with van der Waals surface area (Å²) in [6.07, 6.45) is 5.10. The van der Waals surface area contributed by atoms with Crippen LogP contribution in [-0.4, -0.2) is 37.5 Å². The Labute approximate surface area is 146 Å². The summed E-state index contributed by atoms with van der Waals surface area (Å²) < 4.78 is 0. The van der Waals surface area contributed by atoms with E-state index in [4.69, 9.17) is 0 Å². The molecule has 1 amide bonds. The fourth-order valence-electron chi connectivity index (χ4n) is 2.47. The zero-order valence-corrected chi connectivity index (χ0v) is 14.4. The van der Waals surface area contributed by atoms with E-state index in [1.54, 1.807) is 0 Å². The Kier molecular flexibility index (Phi) is 5.00. The molecule has 1 aliphatic rings. The second-order valence-electron chi connectivity index (χ2n) is 5.09. The van der Waals surface area contributed by atoms with Crippen molar-refractivity contribution in [1.29, 1.82) is 0 Å². The van der Waals surface area contributed by atoms with Crippen LogP contribution in [0.3, 0.4) is 0 Å². The number of anilines is 1. The molecule has 124 valence electrons. The predicted molar refractivity (Wildman–Crippen MR) is 91.8 cm³/mol. The van der Waals surface area contributed by atoms with E-state index < -0.39 is 5.92 Å². The van der Waals surface area contributed by atoms with Crippen LogP contribution in [0.2, 0.25) is 0 Å². The number of nitrogens with zero attached hydrogens (tertiary/aromatic N) is 3. The number of thiazole rings is 1. The number of amides is 1. The van der Waals surface area contributed by atoms with Gasteiger partial charge in [-0.05, 0) is 18.6 Å². The summed E-state index contributed by atoms with van der Waals surface area (Å²) in [5.41, 5.74) is 0.979. The molecule has 9 heteroatoms. The summed E-state index contributed by atoms with van der Waals surface area (Å²) >= 11 is 2.26. The molecule has 7 nitrogen and oxygen atoms in total. The van der Waals surface area contributed by atoms with Crippen LogP contribution in [-0.2, 0) is 6.42 Å². The van der Waals surface area contributed by atoms with Gasteiger partial charge in [0.2, 0.25) is 0 Å². The number of aromatic nitrogens is 3. The van der Waals surface area contributed by atoms with E-state index in [1.165, 1.54) is 18.7 Å². The monoisotopic (exact) mass is 362 g/mol. The van der Waals surface area contributed by atoms with Crippen molar-refractivity contribution in [3.05, 3.63) is 34.9 Å². The van der Waals surface area contributed by atoms with Gasteiger partial charge < -0.3 is 0 Å². The molecule has 0 fully saturated rings. The number of hydrogen-bond acceptors (Lipinski definition) is 8. The van der Waals surface area contributed by atoms with Crippen molar-refractivity contribution < 1.29 is 14.4 Å². The highest BCUT2D eigenvalue weighted by Crippen LogP contribution is 2.34. The van der Waals surface area contributed by atoms with Crippen LogP contribution < -0.4 is 5.32 Å². The van der Waals surface area contributed by atoms with E-state index in [1.807, 2.05) is 6.92 Å². The van der Waals surface area contributed by atoms with Gasteiger partial charge in [0.15, 0.2) is 16.7 Å². The number of thioether (sulfide) groups is 1. The lowest BCUT2D eigenvalue weighted by Crippen LogP contribution is -2.29. The predicted octanol–water partition coefficient (Wildman–Crippen LogP) is 2.85. The van der Waals surface area contributed by atoms with Crippen LogP contribution in [0.15, 0.2) is 18.7 Å². The number of nitrogens with one attached hydrogen (secondary N) is 1. The molecule has 3 rings (SSSR count). The highest BCUT2D eigenvalue weighted by molar-refractivity contribution is 8.13. The van der Waals surface area contributed by atoms with Gasteiger partial charge in [-0.1, -0.05) is 30.0 Å². The summed E-state index contributed by atoms with van der Waals surface area (Å²) in [5.74, 6) is -0.596. The summed E-state index contributed by atoms with van der Waals surface area (Å²) in [4.78, 5) is 49.2. The van der Waals surface area contributed by atoms with Gasteiger partial charge in [0.05, 0.1) is 22.1 Å². The maximum atomic E-state index is 12.6. The van der Waals surface area contributed by atoms with Gasteiger partial charge in [-0.15, -0.1) is 0 Å². The molecular weight excluding hydrogens is 348 g/mol. The third-order valence-corrected chi connectivity index (χ3v) is 5.23. The Balaban J connectivity index is 1.79. The molecule has 2 heterocycles. The number of carbonyl (C=O) groups excluding carboxylic acids is 3. The third kappa shape index (κ3) is 3.36. The molecule has 0 aromatic carbocycles. The highest BCUT2D eigenvalue weighted by Gasteiger charge is 2.36. The zero-order chi connectivity index (χ0) is 17.1. The van der Waals surface area contributed by atoms with Crippen molar-refractivity contribution in [3.63, 3.8) is 0 Å². The number of Topliss-reactive ketones (excluding diaryl/α,β-unsaturated/α-hetero) is 2. The Bertz CT molecular complexity index is 791. The molecule has 0 radical (unpaired) electrons. The lowest BCUT2D eigenvalue weighted by atomic mass is 9.85. The molecule has 1 N–H and O–H groups in total. The topological polar surface area (TPSA) is 102 Å². The number of carbonyl (C=O) groups is 3. The molecule has 2 aromatic heterocycles. The molecule has 2 aromatic rings. The molecule has 1 aliphatic carbocycles.